The summed E-state index contributed by atoms with van der Waals surface area (Å²) in [6.45, 7) is 1.64. The van der Waals surface area contributed by atoms with E-state index in [1.165, 1.54) is 23.6 Å². The zero-order valence-corrected chi connectivity index (χ0v) is 12.3. The molecule has 0 amide bonds. The van der Waals surface area contributed by atoms with E-state index in [0.29, 0.717) is 0 Å². The second kappa shape index (κ2) is 4.94. The predicted molar refractivity (Wildman–Crippen MR) is 79.0 cm³/mol. The summed E-state index contributed by atoms with van der Waals surface area (Å²) >= 11 is 0. The largest absolute Gasteiger partial charge is 0.464 e. The molecule has 1 aromatic carbocycles. The molecule has 3 rings (SSSR count). The molecule has 0 radical (unpaired) electrons. The van der Waals surface area contributed by atoms with Gasteiger partial charge < -0.3 is 14.2 Å². The Labute approximate surface area is 118 Å². The average molecular weight is 272 g/mol. The normalized spacial score (nSPS) is 14.0. The van der Waals surface area contributed by atoms with E-state index in [1.807, 2.05) is 14.1 Å². The van der Waals surface area contributed by atoms with E-state index in [9.17, 15) is 4.79 Å². The van der Waals surface area contributed by atoms with Gasteiger partial charge in [-0.15, -0.1) is 0 Å². The van der Waals surface area contributed by atoms with Crippen LogP contribution in [0, 0.1) is 0 Å². The molecule has 1 aromatic heterocycles. The lowest BCUT2D eigenvalue weighted by Gasteiger charge is -2.17. The van der Waals surface area contributed by atoms with Gasteiger partial charge in [0.2, 0.25) is 0 Å². The maximum atomic E-state index is 12.2. The number of nitrogens with zero attached hydrogens (tertiary/aromatic N) is 2. The highest BCUT2D eigenvalue weighted by Gasteiger charge is 2.26. The standard InChI is InChI=1S/C16H20N2O2/c1-17(2)10-13-12-8-4-6-11-7-5-9-18(14(11)12)15(13)16(19)20-3/h4,6,8H,5,7,9-10H2,1-3H3. The Balaban J connectivity index is 2.34. The van der Waals surface area contributed by atoms with Crippen molar-refractivity contribution in [3.05, 3.63) is 35.0 Å². The molecule has 0 aliphatic carbocycles. The van der Waals surface area contributed by atoms with Crippen molar-refractivity contribution in [3.63, 3.8) is 0 Å². The zero-order valence-electron chi connectivity index (χ0n) is 12.3. The summed E-state index contributed by atoms with van der Waals surface area (Å²) in [6.07, 6.45) is 2.16. The molecule has 0 fully saturated rings. The van der Waals surface area contributed by atoms with Gasteiger partial charge in [0.05, 0.1) is 12.6 Å². The molecule has 20 heavy (non-hydrogen) atoms. The fraction of sp³-hybridized carbons (Fsp3) is 0.438. The van der Waals surface area contributed by atoms with Crippen molar-refractivity contribution in [2.45, 2.75) is 25.9 Å². The van der Waals surface area contributed by atoms with Crippen molar-refractivity contribution in [3.8, 4) is 0 Å². The Morgan fingerprint density at radius 2 is 2.20 bits per heavy atom. The topological polar surface area (TPSA) is 34.5 Å². The maximum absolute atomic E-state index is 12.2. The summed E-state index contributed by atoms with van der Waals surface area (Å²) in [5, 5.41) is 1.19. The quantitative estimate of drug-likeness (QED) is 0.805. The van der Waals surface area contributed by atoms with Gasteiger partial charge in [-0.2, -0.15) is 0 Å². The van der Waals surface area contributed by atoms with Crippen LogP contribution in [0.1, 0.15) is 28.0 Å². The fourth-order valence-electron chi connectivity index (χ4n) is 3.22. The number of hydrogen-bond donors (Lipinski definition) is 0. The Bertz CT molecular complexity index is 671. The second-order valence-electron chi connectivity index (χ2n) is 5.63. The van der Waals surface area contributed by atoms with Crippen LogP contribution in [-0.4, -0.2) is 36.6 Å². The molecule has 0 spiro atoms. The average Bonchev–Trinajstić information content (AvgIpc) is 2.74. The first-order valence-corrected chi connectivity index (χ1v) is 6.99. The van der Waals surface area contributed by atoms with E-state index in [-0.39, 0.29) is 5.97 Å². The predicted octanol–water partition coefficient (Wildman–Crippen LogP) is 2.44. The number of carbonyl (C=O) groups excluding carboxylic acids is 1. The van der Waals surface area contributed by atoms with Crippen molar-refractivity contribution < 1.29 is 9.53 Å². The highest BCUT2D eigenvalue weighted by molar-refractivity contribution is 6.00. The maximum Gasteiger partial charge on any atom is 0.355 e. The molecule has 0 atom stereocenters. The number of ether oxygens (including phenoxy) is 1. The molecule has 0 saturated heterocycles. The van der Waals surface area contributed by atoms with Crippen LogP contribution in [0.2, 0.25) is 0 Å². The molecule has 0 bridgehead atoms. The number of aromatic nitrogens is 1. The van der Waals surface area contributed by atoms with Crippen LogP contribution in [0.4, 0.5) is 0 Å². The SMILES string of the molecule is COC(=O)c1c(CN(C)C)c2cccc3c2n1CCC3. The van der Waals surface area contributed by atoms with Crippen LogP contribution >= 0.6 is 0 Å². The van der Waals surface area contributed by atoms with E-state index >= 15 is 0 Å². The summed E-state index contributed by atoms with van der Waals surface area (Å²) in [4.78, 5) is 14.3. The third-order valence-corrected chi connectivity index (χ3v) is 3.95. The second-order valence-corrected chi connectivity index (χ2v) is 5.63. The molecule has 4 nitrogen and oxygen atoms in total. The van der Waals surface area contributed by atoms with Gasteiger partial charge in [-0.3, -0.25) is 0 Å². The van der Waals surface area contributed by atoms with E-state index in [2.05, 4.69) is 27.7 Å². The fourth-order valence-corrected chi connectivity index (χ4v) is 3.22. The van der Waals surface area contributed by atoms with Crippen molar-refractivity contribution in [2.75, 3.05) is 21.2 Å². The van der Waals surface area contributed by atoms with E-state index < -0.39 is 0 Å². The molecule has 0 unspecified atom stereocenters. The third-order valence-electron chi connectivity index (χ3n) is 3.95. The highest BCUT2D eigenvalue weighted by Crippen LogP contribution is 2.33. The molecular formula is C16H20N2O2. The molecule has 0 N–H and O–H groups in total. The number of para-hydroxylation sites is 1. The van der Waals surface area contributed by atoms with Gasteiger partial charge >= 0.3 is 5.97 Å². The van der Waals surface area contributed by atoms with Crippen molar-refractivity contribution in [1.29, 1.82) is 0 Å². The Morgan fingerprint density at radius 1 is 1.40 bits per heavy atom. The minimum atomic E-state index is -0.231. The monoisotopic (exact) mass is 272 g/mol. The minimum Gasteiger partial charge on any atom is -0.464 e. The summed E-state index contributed by atoms with van der Waals surface area (Å²) < 4.78 is 7.17. The van der Waals surface area contributed by atoms with E-state index in [1.54, 1.807) is 0 Å². The molecule has 1 aliphatic heterocycles. The lowest BCUT2D eigenvalue weighted by molar-refractivity contribution is 0.0586. The van der Waals surface area contributed by atoms with Crippen LogP contribution in [0.3, 0.4) is 0 Å². The molecular weight excluding hydrogens is 252 g/mol. The van der Waals surface area contributed by atoms with Gasteiger partial charge in [0.1, 0.15) is 5.69 Å². The third kappa shape index (κ3) is 1.91. The van der Waals surface area contributed by atoms with Crippen LogP contribution in [0.25, 0.3) is 10.9 Å². The van der Waals surface area contributed by atoms with Crippen LogP contribution < -0.4 is 0 Å². The number of aryl methyl sites for hydroxylation is 2. The van der Waals surface area contributed by atoms with Crippen LogP contribution in [0.5, 0.6) is 0 Å². The van der Waals surface area contributed by atoms with Crippen LogP contribution in [-0.2, 0) is 24.2 Å². The molecule has 1 aliphatic rings. The Morgan fingerprint density at radius 3 is 2.90 bits per heavy atom. The number of methoxy groups -OCH3 is 1. The zero-order chi connectivity index (χ0) is 14.3. The van der Waals surface area contributed by atoms with Gasteiger partial charge in [0, 0.05) is 24.0 Å². The smallest absolute Gasteiger partial charge is 0.355 e. The minimum absolute atomic E-state index is 0.231. The van der Waals surface area contributed by atoms with Gasteiger partial charge in [-0.05, 0) is 32.5 Å². The summed E-state index contributed by atoms with van der Waals surface area (Å²) in [6, 6.07) is 6.37. The summed E-state index contributed by atoms with van der Waals surface area (Å²) in [7, 11) is 5.50. The van der Waals surface area contributed by atoms with Gasteiger partial charge in [-0.1, -0.05) is 18.2 Å². The lowest BCUT2D eigenvalue weighted by atomic mass is 10.0. The molecule has 0 saturated carbocycles. The number of benzene rings is 1. The molecule has 4 heteroatoms. The lowest BCUT2D eigenvalue weighted by Crippen LogP contribution is -2.18. The molecule has 2 heterocycles. The molecule has 2 aromatic rings. The first-order valence-electron chi connectivity index (χ1n) is 6.99. The number of esters is 1. The van der Waals surface area contributed by atoms with Gasteiger partial charge in [-0.25, -0.2) is 4.79 Å². The van der Waals surface area contributed by atoms with Gasteiger partial charge in [0.25, 0.3) is 0 Å². The number of carbonyl (C=O) groups is 1. The van der Waals surface area contributed by atoms with Crippen LogP contribution in [0.15, 0.2) is 18.2 Å². The summed E-state index contributed by atoms with van der Waals surface area (Å²) in [5.41, 5.74) is 4.36. The van der Waals surface area contributed by atoms with E-state index in [0.717, 1.165) is 37.2 Å². The summed E-state index contributed by atoms with van der Waals surface area (Å²) in [5.74, 6) is -0.231. The Hall–Kier alpha value is -1.81. The first-order chi connectivity index (χ1) is 9.63. The van der Waals surface area contributed by atoms with Crippen molar-refractivity contribution >= 4 is 16.9 Å². The van der Waals surface area contributed by atoms with Crippen molar-refractivity contribution in [2.24, 2.45) is 0 Å². The Kier molecular flexibility index (Phi) is 3.26. The van der Waals surface area contributed by atoms with Gasteiger partial charge in [0.15, 0.2) is 0 Å². The highest BCUT2D eigenvalue weighted by atomic mass is 16.5. The van der Waals surface area contributed by atoms with Crippen molar-refractivity contribution in [1.82, 2.24) is 9.47 Å². The first kappa shape index (κ1) is 13.2. The van der Waals surface area contributed by atoms with E-state index in [4.69, 9.17) is 4.74 Å². The molecule has 106 valence electrons. The number of hydrogen-bond acceptors (Lipinski definition) is 3. The number of rotatable bonds is 3.